The van der Waals surface area contributed by atoms with Gasteiger partial charge in [-0.3, -0.25) is 19.7 Å². The van der Waals surface area contributed by atoms with Crippen molar-refractivity contribution in [2.75, 3.05) is 21.3 Å². The van der Waals surface area contributed by atoms with Crippen LogP contribution in [0.25, 0.3) is 6.08 Å². The second-order valence-corrected chi connectivity index (χ2v) is 7.37. The van der Waals surface area contributed by atoms with E-state index in [1.165, 1.54) is 51.8 Å². The number of methoxy groups -OCH3 is 3. The lowest BCUT2D eigenvalue weighted by Gasteiger charge is -2.11. The van der Waals surface area contributed by atoms with E-state index < -0.39 is 16.7 Å². The second-order valence-electron chi connectivity index (χ2n) is 7.37. The molecule has 0 unspecified atom stereocenters. The van der Waals surface area contributed by atoms with E-state index in [0.717, 1.165) is 0 Å². The van der Waals surface area contributed by atoms with Gasteiger partial charge in [0.05, 0.1) is 32.5 Å². The largest absolute Gasteiger partial charge is 0.497 e. The number of nitrogens with zero attached hydrogens (tertiary/aromatic N) is 2. The van der Waals surface area contributed by atoms with Crippen molar-refractivity contribution in [3.8, 4) is 17.2 Å². The fraction of sp³-hybridized carbons (Fsp3) is 0.115. The van der Waals surface area contributed by atoms with Crippen molar-refractivity contribution < 1.29 is 28.7 Å². The SMILES string of the molecule is COc1ccc(C=C(NC(=O)c2ccccc2)C(=O)NN=Cc2ccc(OC)c([N+](=O)[O-])c2)c(OC)c1. The van der Waals surface area contributed by atoms with Gasteiger partial charge in [0.1, 0.15) is 17.2 Å². The number of rotatable bonds is 10. The standard InChI is InChI=1S/C26H24N4O7/c1-35-20-11-10-19(24(15-20)37-3)14-21(28-25(31)18-7-5-4-6-8-18)26(32)29-27-16-17-9-12-23(36-2)22(13-17)30(33)34/h4-16H,1-3H3,(H,28,31)(H,29,32). The maximum absolute atomic E-state index is 13.0. The number of ether oxygens (including phenoxy) is 3. The highest BCUT2D eigenvalue weighted by molar-refractivity contribution is 6.05. The van der Waals surface area contributed by atoms with Crippen molar-refractivity contribution in [2.45, 2.75) is 0 Å². The summed E-state index contributed by atoms with van der Waals surface area (Å²) < 4.78 is 15.6. The molecule has 2 amide bonds. The molecule has 3 aromatic carbocycles. The van der Waals surface area contributed by atoms with Crippen LogP contribution in [0.5, 0.6) is 17.2 Å². The molecular weight excluding hydrogens is 480 g/mol. The lowest BCUT2D eigenvalue weighted by atomic mass is 10.1. The highest BCUT2D eigenvalue weighted by Crippen LogP contribution is 2.27. The van der Waals surface area contributed by atoms with Gasteiger partial charge in [-0.15, -0.1) is 0 Å². The summed E-state index contributed by atoms with van der Waals surface area (Å²) in [5, 5.41) is 17.7. The summed E-state index contributed by atoms with van der Waals surface area (Å²) in [6.45, 7) is 0. The normalized spacial score (nSPS) is 11.1. The molecule has 0 saturated heterocycles. The molecule has 0 saturated carbocycles. The van der Waals surface area contributed by atoms with Crippen LogP contribution < -0.4 is 25.0 Å². The molecule has 0 aliphatic carbocycles. The van der Waals surface area contributed by atoms with Crippen LogP contribution in [0.3, 0.4) is 0 Å². The van der Waals surface area contributed by atoms with Crippen LogP contribution in [0.15, 0.2) is 77.5 Å². The van der Waals surface area contributed by atoms with Crippen LogP contribution >= 0.6 is 0 Å². The van der Waals surface area contributed by atoms with Crippen LogP contribution in [-0.2, 0) is 4.79 Å². The molecule has 0 bridgehead atoms. The summed E-state index contributed by atoms with van der Waals surface area (Å²) in [4.78, 5) is 36.4. The molecule has 2 N–H and O–H groups in total. The van der Waals surface area contributed by atoms with E-state index in [1.807, 2.05) is 0 Å². The molecule has 0 aliphatic rings. The lowest BCUT2D eigenvalue weighted by molar-refractivity contribution is -0.385. The summed E-state index contributed by atoms with van der Waals surface area (Å²) in [6, 6.07) is 17.6. The number of nitro groups is 1. The van der Waals surface area contributed by atoms with Gasteiger partial charge in [-0.25, -0.2) is 5.43 Å². The molecule has 3 rings (SSSR count). The maximum atomic E-state index is 13.0. The number of hydrazone groups is 1. The number of carbonyl (C=O) groups is 2. The third kappa shape index (κ3) is 6.92. The molecule has 11 heteroatoms. The summed E-state index contributed by atoms with van der Waals surface area (Å²) in [6.07, 6.45) is 2.66. The zero-order valence-corrected chi connectivity index (χ0v) is 20.3. The Morgan fingerprint density at radius 2 is 1.65 bits per heavy atom. The van der Waals surface area contributed by atoms with Gasteiger partial charge in [0, 0.05) is 28.8 Å². The number of nitrogens with one attached hydrogen (secondary N) is 2. The van der Waals surface area contributed by atoms with E-state index in [0.29, 0.717) is 28.2 Å². The molecule has 3 aromatic rings. The Balaban J connectivity index is 1.89. The topological polar surface area (TPSA) is 141 Å². The number of benzene rings is 3. The molecule has 0 spiro atoms. The van der Waals surface area contributed by atoms with E-state index in [2.05, 4.69) is 15.8 Å². The van der Waals surface area contributed by atoms with E-state index >= 15 is 0 Å². The lowest BCUT2D eigenvalue weighted by Crippen LogP contribution is -2.32. The molecule has 0 aromatic heterocycles. The third-order valence-electron chi connectivity index (χ3n) is 5.05. The Labute approximate surface area is 212 Å². The number of carbonyl (C=O) groups excluding carboxylic acids is 2. The van der Waals surface area contributed by atoms with Crippen molar-refractivity contribution in [3.63, 3.8) is 0 Å². The zero-order chi connectivity index (χ0) is 26.8. The van der Waals surface area contributed by atoms with E-state index in [4.69, 9.17) is 14.2 Å². The Morgan fingerprint density at radius 3 is 2.30 bits per heavy atom. The number of hydrogen-bond acceptors (Lipinski definition) is 8. The summed E-state index contributed by atoms with van der Waals surface area (Å²) in [5.41, 5.74) is 3.15. The molecule has 0 aliphatic heterocycles. The minimum atomic E-state index is -0.735. The van der Waals surface area contributed by atoms with Crippen LogP contribution in [0.1, 0.15) is 21.5 Å². The van der Waals surface area contributed by atoms with Crippen LogP contribution in [0.4, 0.5) is 5.69 Å². The number of hydrogen-bond donors (Lipinski definition) is 2. The first-order valence-electron chi connectivity index (χ1n) is 10.8. The first kappa shape index (κ1) is 26.4. The first-order valence-corrected chi connectivity index (χ1v) is 10.8. The van der Waals surface area contributed by atoms with Gasteiger partial charge < -0.3 is 19.5 Å². The van der Waals surface area contributed by atoms with Crippen LogP contribution in [0.2, 0.25) is 0 Å². The van der Waals surface area contributed by atoms with Gasteiger partial charge in [0.15, 0.2) is 5.75 Å². The summed E-state index contributed by atoms with van der Waals surface area (Å²) in [7, 11) is 4.30. The molecule has 0 fully saturated rings. The van der Waals surface area contributed by atoms with Crippen molar-refractivity contribution >= 4 is 29.8 Å². The highest BCUT2D eigenvalue weighted by Gasteiger charge is 2.17. The number of nitro benzene ring substituents is 1. The molecule has 0 radical (unpaired) electrons. The molecule has 11 nitrogen and oxygen atoms in total. The third-order valence-corrected chi connectivity index (χ3v) is 5.05. The summed E-state index contributed by atoms with van der Waals surface area (Å²) >= 11 is 0. The van der Waals surface area contributed by atoms with E-state index in [9.17, 15) is 19.7 Å². The molecular formula is C26H24N4O7. The van der Waals surface area contributed by atoms with E-state index in [-0.39, 0.29) is 17.1 Å². The first-order chi connectivity index (χ1) is 17.9. The second kappa shape index (κ2) is 12.5. The van der Waals surface area contributed by atoms with Gasteiger partial charge >= 0.3 is 5.69 Å². The minimum absolute atomic E-state index is 0.0912. The molecule has 190 valence electrons. The smallest absolute Gasteiger partial charge is 0.311 e. The van der Waals surface area contributed by atoms with Crippen LogP contribution in [0, 0.1) is 10.1 Å². The maximum Gasteiger partial charge on any atom is 0.311 e. The van der Waals surface area contributed by atoms with Crippen molar-refractivity contribution in [1.29, 1.82) is 0 Å². The Bertz CT molecular complexity index is 1350. The van der Waals surface area contributed by atoms with E-state index in [1.54, 1.807) is 48.5 Å². The Kier molecular flexibility index (Phi) is 8.92. The van der Waals surface area contributed by atoms with Gasteiger partial charge in [-0.2, -0.15) is 5.10 Å². The van der Waals surface area contributed by atoms with Gasteiger partial charge in [-0.1, -0.05) is 18.2 Å². The average molecular weight is 504 g/mol. The summed E-state index contributed by atoms with van der Waals surface area (Å²) in [5.74, 6) is -0.196. The molecule has 37 heavy (non-hydrogen) atoms. The van der Waals surface area contributed by atoms with Crippen molar-refractivity contribution in [2.24, 2.45) is 5.10 Å². The van der Waals surface area contributed by atoms with Gasteiger partial charge in [0.2, 0.25) is 0 Å². The Hall–Kier alpha value is -5.19. The average Bonchev–Trinajstić information content (AvgIpc) is 2.92. The fourth-order valence-corrected chi connectivity index (χ4v) is 3.19. The predicted molar refractivity (Wildman–Crippen MR) is 137 cm³/mol. The monoisotopic (exact) mass is 504 g/mol. The van der Waals surface area contributed by atoms with Gasteiger partial charge in [-0.05, 0) is 42.5 Å². The molecule has 0 atom stereocenters. The number of amides is 2. The highest BCUT2D eigenvalue weighted by atomic mass is 16.6. The van der Waals surface area contributed by atoms with Gasteiger partial charge in [0.25, 0.3) is 11.8 Å². The zero-order valence-electron chi connectivity index (χ0n) is 20.3. The quantitative estimate of drug-likeness (QED) is 0.186. The Morgan fingerprint density at radius 1 is 0.919 bits per heavy atom. The van der Waals surface area contributed by atoms with Crippen LogP contribution in [-0.4, -0.2) is 44.3 Å². The van der Waals surface area contributed by atoms with Crippen molar-refractivity contribution in [1.82, 2.24) is 10.7 Å². The minimum Gasteiger partial charge on any atom is -0.497 e. The fourth-order valence-electron chi connectivity index (χ4n) is 3.19. The van der Waals surface area contributed by atoms with Crippen molar-refractivity contribution in [3.05, 3.63) is 99.2 Å². The molecule has 0 heterocycles. The predicted octanol–water partition coefficient (Wildman–Crippen LogP) is 3.54.